The van der Waals surface area contributed by atoms with Crippen molar-refractivity contribution in [2.24, 2.45) is 0 Å². The van der Waals surface area contributed by atoms with Crippen molar-refractivity contribution in [2.45, 2.75) is 0 Å². The van der Waals surface area contributed by atoms with Gasteiger partial charge in [0.15, 0.2) is 0 Å². The van der Waals surface area contributed by atoms with E-state index in [2.05, 4.69) is 168 Å². The maximum absolute atomic E-state index is 5.35. The molecule has 0 saturated heterocycles. The Bertz CT molecular complexity index is 3270. The molecule has 5 nitrogen and oxygen atoms in total. The second-order valence-corrected chi connectivity index (χ2v) is 14.3. The van der Waals surface area contributed by atoms with Gasteiger partial charge in [0.1, 0.15) is 5.69 Å². The van der Waals surface area contributed by atoms with Gasteiger partial charge in [-0.15, -0.1) is 0 Å². The standard InChI is InChI=1S/C52H33N5/c1-5-13-34(14-6-1)45-31-40-29-39(23-26-44(40)52-48(45)49(36-17-9-3-10-18-36)56-57(52)43-19-11-4-12-20-43)41-30-42(33-53-32-41)47-28-25-38-22-21-37-24-27-46(35-15-7-2-8-16-35)54-50(37)51(38)55-47/h1-33H. The van der Waals surface area contributed by atoms with Crippen LogP contribution in [0.1, 0.15) is 0 Å². The quantitative estimate of drug-likeness (QED) is 0.160. The number of rotatable bonds is 6. The second kappa shape index (κ2) is 13.5. The monoisotopic (exact) mass is 727 g/mol. The van der Waals surface area contributed by atoms with E-state index < -0.39 is 0 Å². The topological polar surface area (TPSA) is 56.5 Å². The van der Waals surface area contributed by atoms with Crippen LogP contribution in [0.25, 0.3) is 105 Å². The Hall–Kier alpha value is -7.76. The molecule has 11 aromatic rings. The molecule has 0 bridgehead atoms. The molecule has 0 unspecified atom stereocenters. The molecule has 0 aliphatic rings. The number of pyridine rings is 3. The first kappa shape index (κ1) is 32.7. The van der Waals surface area contributed by atoms with E-state index in [4.69, 9.17) is 20.1 Å². The highest BCUT2D eigenvalue weighted by molar-refractivity contribution is 6.17. The second-order valence-electron chi connectivity index (χ2n) is 14.3. The molecule has 4 aromatic heterocycles. The fourth-order valence-electron chi connectivity index (χ4n) is 8.06. The molecule has 0 aliphatic carbocycles. The zero-order valence-electron chi connectivity index (χ0n) is 30.8. The Kier molecular flexibility index (Phi) is 7.74. The molecule has 0 amide bonds. The molecule has 7 aromatic carbocycles. The van der Waals surface area contributed by atoms with E-state index in [9.17, 15) is 0 Å². The van der Waals surface area contributed by atoms with Crippen LogP contribution in [-0.4, -0.2) is 24.7 Å². The highest BCUT2D eigenvalue weighted by Gasteiger charge is 2.21. The molecule has 0 saturated carbocycles. The van der Waals surface area contributed by atoms with Gasteiger partial charge < -0.3 is 0 Å². The molecule has 4 heterocycles. The maximum Gasteiger partial charge on any atom is 0.101 e. The number of hydrogen-bond donors (Lipinski definition) is 0. The molecule has 266 valence electrons. The number of hydrogen-bond acceptors (Lipinski definition) is 4. The van der Waals surface area contributed by atoms with E-state index in [1.807, 2.05) is 36.7 Å². The van der Waals surface area contributed by atoms with Gasteiger partial charge in [0.05, 0.1) is 33.6 Å². The molecule has 11 rings (SSSR count). The van der Waals surface area contributed by atoms with Crippen LogP contribution < -0.4 is 0 Å². The first-order chi connectivity index (χ1) is 28.2. The molecular weight excluding hydrogens is 695 g/mol. The third-order valence-electron chi connectivity index (χ3n) is 10.9. The van der Waals surface area contributed by atoms with Crippen LogP contribution in [0.2, 0.25) is 0 Å². The normalized spacial score (nSPS) is 11.5. The number of para-hydroxylation sites is 1. The van der Waals surface area contributed by atoms with Gasteiger partial charge in [0, 0.05) is 56.2 Å². The van der Waals surface area contributed by atoms with Crippen LogP contribution in [0.5, 0.6) is 0 Å². The maximum atomic E-state index is 5.35. The van der Waals surface area contributed by atoms with E-state index >= 15 is 0 Å². The highest BCUT2D eigenvalue weighted by atomic mass is 15.3. The highest BCUT2D eigenvalue weighted by Crippen LogP contribution is 2.42. The van der Waals surface area contributed by atoms with Gasteiger partial charge in [-0.2, -0.15) is 5.10 Å². The Morgan fingerprint density at radius 1 is 0.386 bits per heavy atom. The first-order valence-corrected chi connectivity index (χ1v) is 19.1. The van der Waals surface area contributed by atoms with Crippen molar-refractivity contribution in [3.8, 4) is 61.7 Å². The van der Waals surface area contributed by atoms with E-state index in [1.165, 1.54) is 0 Å². The predicted molar refractivity (Wildman–Crippen MR) is 234 cm³/mol. The molecule has 0 N–H and O–H groups in total. The van der Waals surface area contributed by atoms with Crippen molar-refractivity contribution in [2.75, 3.05) is 0 Å². The van der Waals surface area contributed by atoms with Gasteiger partial charge in [-0.1, -0.05) is 146 Å². The minimum absolute atomic E-state index is 0.852. The largest absolute Gasteiger partial charge is 0.263 e. The lowest BCUT2D eigenvalue weighted by Gasteiger charge is -2.13. The average molecular weight is 728 g/mol. The average Bonchev–Trinajstić information content (AvgIpc) is 3.70. The zero-order valence-corrected chi connectivity index (χ0v) is 30.8. The van der Waals surface area contributed by atoms with Crippen molar-refractivity contribution in [1.82, 2.24) is 24.7 Å². The number of fused-ring (bicyclic) bond motifs is 6. The van der Waals surface area contributed by atoms with Crippen molar-refractivity contribution < 1.29 is 0 Å². The smallest absolute Gasteiger partial charge is 0.101 e. The summed E-state index contributed by atoms with van der Waals surface area (Å²) in [6, 6.07) is 65.7. The Labute approximate surface area is 329 Å². The number of nitrogens with zero attached hydrogens (tertiary/aromatic N) is 5. The van der Waals surface area contributed by atoms with E-state index in [1.54, 1.807) is 0 Å². The Morgan fingerprint density at radius 2 is 0.947 bits per heavy atom. The lowest BCUT2D eigenvalue weighted by Crippen LogP contribution is -1.97. The minimum atomic E-state index is 0.852. The van der Waals surface area contributed by atoms with Crippen LogP contribution in [-0.2, 0) is 0 Å². The summed E-state index contributed by atoms with van der Waals surface area (Å²) in [5, 5.41) is 10.8. The van der Waals surface area contributed by atoms with Crippen LogP contribution in [0.4, 0.5) is 0 Å². The van der Waals surface area contributed by atoms with Crippen LogP contribution in [0.3, 0.4) is 0 Å². The Morgan fingerprint density at radius 3 is 1.61 bits per heavy atom. The minimum Gasteiger partial charge on any atom is -0.263 e. The summed E-state index contributed by atoms with van der Waals surface area (Å²) in [7, 11) is 0. The van der Waals surface area contributed by atoms with E-state index in [-0.39, 0.29) is 0 Å². The van der Waals surface area contributed by atoms with Crippen LogP contribution >= 0.6 is 0 Å². The summed E-state index contributed by atoms with van der Waals surface area (Å²) in [5.41, 5.74) is 14.1. The van der Waals surface area contributed by atoms with Crippen LogP contribution in [0, 0.1) is 0 Å². The summed E-state index contributed by atoms with van der Waals surface area (Å²) in [6.07, 6.45) is 3.83. The van der Waals surface area contributed by atoms with Crippen molar-refractivity contribution >= 4 is 43.5 Å². The summed E-state index contributed by atoms with van der Waals surface area (Å²) in [4.78, 5) is 15.1. The fraction of sp³-hybridized carbons (Fsp3) is 0. The van der Waals surface area contributed by atoms with Crippen molar-refractivity contribution in [1.29, 1.82) is 0 Å². The number of benzene rings is 7. The van der Waals surface area contributed by atoms with Gasteiger partial charge in [-0.05, 0) is 64.5 Å². The molecular formula is C52H33N5. The molecule has 0 radical (unpaired) electrons. The summed E-state index contributed by atoms with van der Waals surface area (Å²) in [6.45, 7) is 0. The molecule has 0 atom stereocenters. The van der Waals surface area contributed by atoms with Crippen molar-refractivity contribution in [3.05, 3.63) is 200 Å². The predicted octanol–water partition coefficient (Wildman–Crippen LogP) is 13.0. The van der Waals surface area contributed by atoms with Gasteiger partial charge in [0.25, 0.3) is 0 Å². The summed E-state index contributed by atoms with van der Waals surface area (Å²) >= 11 is 0. The van der Waals surface area contributed by atoms with E-state index in [0.717, 1.165) is 105 Å². The van der Waals surface area contributed by atoms with Gasteiger partial charge >= 0.3 is 0 Å². The Balaban J connectivity index is 1.08. The SMILES string of the molecule is c1ccc(-c2ccc3ccc4ccc(-c5cncc(-c6ccc7c(c6)cc(-c6ccccc6)c6c(-c8ccccc8)nn(-c8ccccc8)c67)c5)nc4c3n2)cc1. The molecule has 0 fully saturated rings. The third kappa shape index (κ3) is 5.72. The van der Waals surface area contributed by atoms with Gasteiger partial charge in [-0.25, -0.2) is 14.6 Å². The molecule has 0 spiro atoms. The lowest BCUT2D eigenvalue weighted by molar-refractivity contribution is 0.918. The molecule has 57 heavy (non-hydrogen) atoms. The van der Waals surface area contributed by atoms with Gasteiger partial charge in [-0.3, -0.25) is 4.98 Å². The van der Waals surface area contributed by atoms with Gasteiger partial charge in [0.2, 0.25) is 0 Å². The van der Waals surface area contributed by atoms with Crippen molar-refractivity contribution in [3.63, 3.8) is 0 Å². The fourth-order valence-corrected chi connectivity index (χ4v) is 8.06. The lowest BCUT2D eigenvalue weighted by atomic mass is 9.92. The number of aromatic nitrogens is 5. The van der Waals surface area contributed by atoms with Crippen LogP contribution in [0.15, 0.2) is 200 Å². The first-order valence-electron chi connectivity index (χ1n) is 19.1. The third-order valence-corrected chi connectivity index (χ3v) is 10.9. The molecule has 0 aliphatic heterocycles. The molecule has 5 heteroatoms. The summed E-state index contributed by atoms with van der Waals surface area (Å²) < 4.78 is 2.11. The van der Waals surface area contributed by atoms with E-state index in [0.29, 0.717) is 0 Å². The zero-order chi connectivity index (χ0) is 37.7. The summed E-state index contributed by atoms with van der Waals surface area (Å²) in [5.74, 6) is 0.